The van der Waals surface area contributed by atoms with E-state index in [0.29, 0.717) is 6.54 Å². The summed E-state index contributed by atoms with van der Waals surface area (Å²) in [5.74, 6) is 0. The Morgan fingerprint density at radius 3 is 2.47 bits per heavy atom. The number of hydrogen-bond acceptors (Lipinski definition) is 2. The molecule has 0 amide bonds. The van der Waals surface area contributed by atoms with Crippen LogP contribution in [-0.2, 0) is 6.54 Å². The number of benzene rings is 1. The molecular formula is C14H22BrNO. The molecular weight excluding hydrogens is 278 g/mol. The van der Waals surface area contributed by atoms with Crippen molar-refractivity contribution in [1.29, 1.82) is 0 Å². The highest BCUT2D eigenvalue weighted by Crippen LogP contribution is 2.18. The van der Waals surface area contributed by atoms with E-state index < -0.39 is 5.60 Å². The van der Waals surface area contributed by atoms with Crippen molar-refractivity contribution in [3.05, 3.63) is 33.8 Å². The molecule has 2 nitrogen and oxygen atoms in total. The SMILES string of the molecule is CCC(O)(CC)CNCc1ccc(C)c(Br)c1. The topological polar surface area (TPSA) is 32.3 Å². The molecule has 3 heteroatoms. The van der Waals surface area contributed by atoms with Crippen molar-refractivity contribution in [3.8, 4) is 0 Å². The maximum absolute atomic E-state index is 10.1. The number of halogens is 1. The number of hydrogen-bond donors (Lipinski definition) is 2. The van der Waals surface area contributed by atoms with E-state index in [4.69, 9.17) is 0 Å². The second kappa shape index (κ2) is 6.53. The fraction of sp³-hybridized carbons (Fsp3) is 0.571. The van der Waals surface area contributed by atoms with E-state index >= 15 is 0 Å². The third-order valence-electron chi connectivity index (χ3n) is 3.34. The number of rotatable bonds is 6. The Labute approximate surface area is 113 Å². The molecule has 17 heavy (non-hydrogen) atoms. The predicted octanol–water partition coefficient (Wildman–Crippen LogP) is 3.40. The summed E-state index contributed by atoms with van der Waals surface area (Å²) in [6.07, 6.45) is 1.57. The number of aliphatic hydroxyl groups is 1. The number of aryl methyl sites for hydroxylation is 1. The summed E-state index contributed by atoms with van der Waals surface area (Å²) >= 11 is 3.53. The highest BCUT2D eigenvalue weighted by Gasteiger charge is 2.20. The molecule has 0 saturated heterocycles. The van der Waals surface area contributed by atoms with Crippen molar-refractivity contribution in [2.75, 3.05) is 6.54 Å². The molecule has 0 fully saturated rings. The monoisotopic (exact) mass is 299 g/mol. The Kier molecular flexibility index (Phi) is 5.63. The zero-order valence-corrected chi connectivity index (χ0v) is 12.5. The molecule has 0 aliphatic rings. The van der Waals surface area contributed by atoms with E-state index in [0.717, 1.165) is 23.9 Å². The summed E-state index contributed by atoms with van der Waals surface area (Å²) in [5, 5.41) is 13.5. The third kappa shape index (κ3) is 4.41. The first kappa shape index (κ1) is 14.7. The molecule has 1 aromatic carbocycles. The summed E-state index contributed by atoms with van der Waals surface area (Å²) in [5.41, 5.74) is 1.91. The van der Waals surface area contributed by atoms with Gasteiger partial charge in [-0.25, -0.2) is 0 Å². The fourth-order valence-electron chi connectivity index (χ4n) is 1.69. The van der Waals surface area contributed by atoms with Crippen molar-refractivity contribution in [1.82, 2.24) is 5.32 Å². The first-order valence-corrected chi connectivity index (χ1v) is 6.98. The zero-order valence-electron chi connectivity index (χ0n) is 10.9. The van der Waals surface area contributed by atoms with Gasteiger partial charge in [0.15, 0.2) is 0 Å². The lowest BCUT2D eigenvalue weighted by Gasteiger charge is -2.25. The normalized spacial score (nSPS) is 11.8. The van der Waals surface area contributed by atoms with Crippen LogP contribution in [0, 0.1) is 6.92 Å². The molecule has 0 bridgehead atoms. The largest absolute Gasteiger partial charge is 0.389 e. The van der Waals surface area contributed by atoms with Gasteiger partial charge in [0.2, 0.25) is 0 Å². The number of nitrogens with one attached hydrogen (secondary N) is 1. The van der Waals surface area contributed by atoms with Gasteiger partial charge in [-0.2, -0.15) is 0 Å². The molecule has 0 atom stereocenters. The summed E-state index contributed by atoms with van der Waals surface area (Å²) in [6.45, 7) is 7.56. The Balaban J connectivity index is 2.48. The maximum atomic E-state index is 10.1. The highest BCUT2D eigenvalue weighted by atomic mass is 79.9. The molecule has 0 saturated carbocycles. The molecule has 96 valence electrons. The van der Waals surface area contributed by atoms with Gasteiger partial charge in [-0.3, -0.25) is 0 Å². The molecule has 0 heterocycles. The van der Waals surface area contributed by atoms with Crippen molar-refractivity contribution in [3.63, 3.8) is 0 Å². The zero-order chi connectivity index (χ0) is 12.9. The maximum Gasteiger partial charge on any atom is 0.0766 e. The van der Waals surface area contributed by atoms with E-state index in [1.807, 2.05) is 13.8 Å². The molecule has 0 aliphatic carbocycles. The van der Waals surface area contributed by atoms with Gasteiger partial charge in [0.25, 0.3) is 0 Å². The van der Waals surface area contributed by atoms with Gasteiger partial charge in [0, 0.05) is 17.6 Å². The lowest BCUT2D eigenvalue weighted by Crippen LogP contribution is -2.39. The molecule has 0 unspecified atom stereocenters. The third-order valence-corrected chi connectivity index (χ3v) is 4.19. The van der Waals surface area contributed by atoms with Crippen LogP contribution in [-0.4, -0.2) is 17.3 Å². The van der Waals surface area contributed by atoms with E-state index in [-0.39, 0.29) is 0 Å². The van der Waals surface area contributed by atoms with Gasteiger partial charge >= 0.3 is 0 Å². The molecule has 0 aromatic heterocycles. The van der Waals surface area contributed by atoms with Crippen molar-refractivity contribution >= 4 is 15.9 Å². The summed E-state index contributed by atoms with van der Waals surface area (Å²) < 4.78 is 1.14. The van der Waals surface area contributed by atoms with E-state index in [2.05, 4.69) is 46.4 Å². The van der Waals surface area contributed by atoms with Gasteiger partial charge in [-0.05, 0) is 37.0 Å². The van der Waals surface area contributed by atoms with E-state index in [1.54, 1.807) is 0 Å². The lowest BCUT2D eigenvalue weighted by molar-refractivity contribution is 0.0323. The molecule has 1 aromatic rings. The van der Waals surface area contributed by atoms with Crippen LogP contribution < -0.4 is 5.32 Å². The average molecular weight is 300 g/mol. The predicted molar refractivity (Wildman–Crippen MR) is 76.1 cm³/mol. The van der Waals surface area contributed by atoms with Gasteiger partial charge in [-0.1, -0.05) is 41.9 Å². The van der Waals surface area contributed by atoms with Gasteiger partial charge in [0.1, 0.15) is 0 Å². The fourth-order valence-corrected chi connectivity index (χ4v) is 2.11. The van der Waals surface area contributed by atoms with Gasteiger partial charge in [0.05, 0.1) is 5.60 Å². The van der Waals surface area contributed by atoms with Crippen LogP contribution >= 0.6 is 15.9 Å². The molecule has 0 radical (unpaired) electrons. The Morgan fingerprint density at radius 2 is 1.94 bits per heavy atom. The van der Waals surface area contributed by atoms with Crippen LogP contribution in [0.15, 0.2) is 22.7 Å². The molecule has 0 spiro atoms. The Morgan fingerprint density at radius 1 is 1.29 bits per heavy atom. The Bertz CT molecular complexity index is 361. The van der Waals surface area contributed by atoms with Crippen molar-refractivity contribution in [2.24, 2.45) is 0 Å². The average Bonchev–Trinajstić information content (AvgIpc) is 2.33. The van der Waals surface area contributed by atoms with Crippen molar-refractivity contribution < 1.29 is 5.11 Å². The lowest BCUT2D eigenvalue weighted by atomic mass is 9.97. The smallest absolute Gasteiger partial charge is 0.0766 e. The van der Waals surface area contributed by atoms with E-state index in [9.17, 15) is 5.11 Å². The van der Waals surface area contributed by atoms with Gasteiger partial charge < -0.3 is 10.4 Å². The van der Waals surface area contributed by atoms with Gasteiger partial charge in [-0.15, -0.1) is 0 Å². The summed E-state index contributed by atoms with van der Waals surface area (Å²) in [7, 11) is 0. The molecule has 0 aliphatic heterocycles. The summed E-state index contributed by atoms with van der Waals surface area (Å²) in [6, 6.07) is 6.34. The minimum absolute atomic E-state index is 0.568. The van der Waals surface area contributed by atoms with Crippen LogP contribution in [0.3, 0.4) is 0 Å². The highest BCUT2D eigenvalue weighted by molar-refractivity contribution is 9.10. The summed E-state index contributed by atoms with van der Waals surface area (Å²) in [4.78, 5) is 0. The van der Waals surface area contributed by atoms with Crippen LogP contribution in [0.4, 0.5) is 0 Å². The standard InChI is InChI=1S/C14H22BrNO/c1-4-14(17,5-2)10-16-9-12-7-6-11(3)13(15)8-12/h6-8,16-17H,4-5,9-10H2,1-3H3. The quantitative estimate of drug-likeness (QED) is 0.844. The van der Waals surface area contributed by atoms with E-state index in [1.165, 1.54) is 11.1 Å². The van der Waals surface area contributed by atoms with Crippen LogP contribution in [0.2, 0.25) is 0 Å². The second-order valence-corrected chi connectivity index (χ2v) is 5.47. The minimum atomic E-state index is -0.568. The minimum Gasteiger partial charge on any atom is -0.389 e. The van der Waals surface area contributed by atoms with Crippen LogP contribution in [0.1, 0.15) is 37.8 Å². The Hall–Kier alpha value is -0.380. The first-order valence-electron chi connectivity index (χ1n) is 6.19. The molecule has 2 N–H and O–H groups in total. The van der Waals surface area contributed by atoms with Crippen LogP contribution in [0.25, 0.3) is 0 Å². The molecule has 1 rings (SSSR count). The van der Waals surface area contributed by atoms with Crippen LogP contribution in [0.5, 0.6) is 0 Å². The second-order valence-electron chi connectivity index (χ2n) is 4.62. The van der Waals surface area contributed by atoms with Crippen molar-refractivity contribution in [2.45, 2.75) is 45.8 Å². The first-order chi connectivity index (χ1) is 8.00.